The van der Waals surface area contributed by atoms with Gasteiger partial charge in [-0.25, -0.2) is 4.98 Å². The zero-order valence-electron chi connectivity index (χ0n) is 12.4. The van der Waals surface area contributed by atoms with Crippen molar-refractivity contribution >= 4 is 18.0 Å². The summed E-state index contributed by atoms with van der Waals surface area (Å²) in [5.74, 6) is 1.39. The van der Waals surface area contributed by atoms with E-state index < -0.39 is 0 Å². The largest absolute Gasteiger partial charge is 0.378 e. The van der Waals surface area contributed by atoms with Crippen LogP contribution in [0.5, 0.6) is 0 Å². The number of anilines is 2. The lowest BCUT2D eigenvalue weighted by atomic mass is 10.3. The molecule has 1 aliphatic heterocycles. The molecule has 0 atom stereocenters. The number of pyridine rings is 1. The van der Waals surface area contributed by atoms with E-state index in [1.165, 1.54) is 0 Å². The second kappa shape index (κ2) is 6.95. The Hall–Kier alpha value is -2.54. The molecule has 3 rings (SSSR count). The molecule has 1 N–H and O–H groups in total. The molecule has 22 heavy (non-hydrogen) atoms. The smallest absolute Gasteiger partial charge is 0.227 e. The molecule has 1 saturated heterocycles. The van der Waals surface area contributed by atoms with Gasteiger partial charge in [-0.1, -0.05) is 6.07 Å². The number of hydrogen-bond donors (Lipinski definition) is 1. The summed E-state index contributed by atoms with van der Waals surface area (Å²) >= 11 is 0. The van der Waals surface area contributed by atoms with Crippen LogP contribution in [0, 0.1) is 6.92 Å². The van der Waals surface area contributed by atoms with Crippen LogP contribution < -0.4 is 10.3 Å². The average molecular weight is 298 g/mol. The first-order valence-corrected chi connectivity index (χ1v) is 7.19. The molecule has 0 aliphatic carbocycles. The monoisotopic (exact) mass is 298 g/mol. The molecule has 1 aliphatic rings. The van der Waals surface area contributed by atoms with Crippen molar-refractivity contribution in [3.8, 4) is 0 Å². The van der Waals surface area contributed by atoms with Gasteiger partial charge in [-0.15, -0.1) is 0 Å². The van der Waals surface area contributed by atoms with Crippen LogP contribution in [-0.2, 0) is 4.74 Å². The molecule has 0 amide bonds. The maximum absolute atomic E-state index is 5.35. The summed E-state index contributed by atoms with van der Waals surface area (Å²) in [6.45, 7) is 4.98. The highest BCUT2D eigenvalue weighted by molar-refractivity contribution is 5.79. The fourth-order valence-corrected chi connectivity index (χ4v) is 2.14. The van der Waals surface area contributed by atoms with Gasteiger partial charge < -0.3 is 9.64 Å². The standard InChI is InChI=1S/C15H18N6O/c1-12-9-14(20-17-11-13-3-2-4-16-10-13)19-15(18-12)21-5-7-22-8-6-21/h2-4,9-11H,5-8H2,1H3,(H,18,19,20)/b17-11-. The summed E-state index contributed by atoms with van der Waals surface area (Å²) in [4.78, 5) is 15.1. The molecule has 2 aromatic rings. The molecule has 0 spiro atoms. The van der Waals surface area contributed by atoms with E-state index in [4.69, 9.17) is 4.74 Å². The molecule has 2 aromatic heterocycles. The summed E-state index contributed by atoms with van der Waals surface area (Å²) in [5.41, 5.74) is 4.77. The normalized spacial score (nSPS) is 15.2. The molecular weight excluding hydrogens is 280 g/mol. The fraction of sp³-hybridized carbons (Fsp3) is 0.333. The third kappa shape index (κ3) is 3.76. The number of nitrogens with one attached hydrogen (secondary N) is 1. The Morgan fingerprint density at radius 3 is 2.95 bits per heavy atom. The summed E-state index contributed by atoms with van der Waals surface area (Å²) in [5, 5.41) is 4.19. The predicted octanol–water partition coefficient (Wildman–Crippen LogP) is 1.46. The van der Waals surface area contributed by atoms with Gasteiger partial charge in [0.1, 0.15) is 0 Å². The summed E-state index contributed by atoms with van der Waals surface area (Å²) in [6.07, 6.45) is 5.18. The molecule has 0 unspecified atom stereocenters. The van der Waals surface area contributed by atoms with E-state index >= 15 is 0 Å². The van der Waals surface area contributed by atoms with Gasteiger partial charge in [0.25, 0.3) is 0 Å². The molecule has 0 aromatic carbocycles. The highest BCUT2D eigenvalue weighted by Gasteiger charge is 2.14. The molecule has 3 heterocycles. The first-order valence-electron chi connectivity index (χ1n) is 7.19. The lowest BCUT2D eigenvalue weighted by molar-refractivity contribution is 0.122. The Labute approximate surface area is 129 Å². The SMILES string of the molecule is Cc1cc(N/N=C\c2cccnc2)nc(N2CCOCC2)n1. The van der Waals surface area contributed by atoms with Gasteiger partial charge in [-0.3, -0.25) is 10.4 Å². The predicted molar refractivity (Wildman–Crippen MR) is 85.3 cm³/mol. The summed E-state index contributed by atoms with van der Waals surface area (Å²) in [7, 11) is 0. The van der Waals surface area contributed by atoms with E-state index in [2.05, 4.69) is 30.4 Å². The highest BCUT2D eigenvalue weighted by atomic mass is 16.5. The van der Waals surface area contributed by atoms with Crippen LogP contribution in [0.25, 0.3) is 0 Å². The Balaban J connectivity index is 1.70. The van der Waals surface area contributed by atoms with E-state index in [9.17, 15) is 0 Å². The van der Waals surface area contributed by atoms with Crippen molar-refractivity contribution < 1.29 is 4.74 Å². The molecule has 0 bridgehead atoms. The Morgan fingerprint density at radius 2 is 2.18 bits per heavy atom. The van der Waals surface area contributed by atoms with Gasteiger partial charge >= 0.3 is 0 Å². The minimum atomic E-state index is 0.675. The second-order valence-electron chi connectivity index (χ2n) is 4.95. The van der Waals surface area contributed by atoms with E-state index in [1.807, 2.05) is 25.1 Å². The zero-order valence-corrected chi connectivity index (χ0v) is 12.4. The van der Waals surface area contributed by atoms with Crippen molar-refractivity contribution in [3.63, 3.8) is 0 Å². The van der Waals surface area contributed by atoms with Crippen molar-refractivity contribution in [2.75, 3.05) is 36.6 Å². The number of hydrazone groups is 1. The van der Waals surface area contributed by atoms with Gasteiger partial charge in [0.05, 0.1) is 19.4 Å². The molecular formula is C15H18N6O. The van der Waals surface area contributed by atoms with Crippen LogP contribution in [0.2, 0.25) is 0 Å². The van der Waals surface area contributed by atoms with Gasteiger partial charge in [0.15, 0.2) is 5.82 Å². The third-order valence-electron chi connectivity index (χ3n) is 3.21. The summed E-state index contributed by atoms with van der Waals surface area (Å²) in [6, 6.07) is 5.67. The number of morpholine rings is 1. The van der Waals surface area contributed by atoms with Crippen molar-refractivity contribution in [3.05, 3.63) is 41.9 Å². The Kier molecular flexibility index (Phi) is 4.55. The first kappa shape index (κ1) is 14.4. The first-order chi connectivity index (χ1) is 10.8. The zero-order chi connectivity index (χ0) is 15.2. The van der Waals surface area contributed by atoms with Crippen LogP contribution in [0.15, 0.2) is 35.7 Å². The van der Waals surface area contributed by atoms with Crippen LogP contribution in [0.3, 0.4) is 0 Å². The number of rotatable bonds is 4. The van der Waals surface area contributed by atoms with Gasteiger partial charge in [0, 0.05) is 42.8 Å². The fourth-order valence-electron chi connectivity index (χ4n) is 2.14. The van der Waals surface area contributed by atoms with E-state index in [-0.39, 0.29) is 0 Å². The topological polar surface area (TPSA) is 75.5 Å². The minimum Gasteiger partial charge on any atom is -0.378 e. The van der Waals surface area contributed by atoms with E-state index in [0.717, 1.165) is 24.3 Å². The number of aryl methyl sites for hydroxylation is 1. The number of nitrogens with zero attached hydrogens (tertiary/aromatic N) is 5. The number of ether oxygens (including phenoxy) is 1. The van der Waals surface area contributed by atoms with Crippen molar-refractivity contribution in [1.82, 2.24) is 15.0 Å². The van der Waals surface area contributed by atoms with Crippen molar-refractivity contribution in [2.45, 2.75) is 6.92 Å². The van der Waals surface area contributed by atoms with Crippen LogP contribution >= 0.6 is 0 Å². The van der Waals surface area contributed by atoms with Gasteiger partial charge in [-0.2, -0.15) is 10.1 Å². The third-order valence-corrected chi connectivity index (χ3v) is 3.21. The van der Waals surface area contributed by atoms with E-state index in [0.29, 0.717) is 25.0 Å². The minimum absolute atomic E-state index is 0.675. The highest BCUT2D eigenvalue weighted by Crippen LogP contribution is 2.14. The quantitative estimate of drug-likeness (QED) is 0.680. The van der Waals surface area contributed by atoms with Crippen LogP contribution in [0.4, 0.5) is 11.8 Å². The Morgan fingerprint density at radius 1 is 1.32 bits per heavy atom. The summed E-state index contributed by atoms with van der Waals surface area (Å²) < 4.78 is 5.35. The lowest BCUT2D eigenvalue weighted by Crippen LogP contribution is -2.37. The van der Waals surface area contributed by atoms with Crippen LogP contribution in [-0.4, -0.2) is 47.5 Å². The maximum Gasteiger partial charge on any atom is 0.227 e. The molecule has 1 fully saturated rings. The number of aromatic nitrogens is 3. The van der Waals surface area contributed by atoms with Gasteiger partial charge in [-0.05, 0) is 13.0 Å². The average Bonchev–Trinajstić information content (AvgIpc) is 2.56. The Bertz CT molecular complexity index is 640. The maximum atomic E-state index is 5.35. The lowest BCUT2D eigenvalue weighted by Gasteiger charge is -2.27. The molecule has 7 heteroatoms. The second-order valence-corrected chi connectivity index (χ2v) is 4.95. The number of hydrogen-bond acceptors (Lipinski definition) is 7. The van der Waals surface area contributed by atoms with Crippen molar-refractivity contribution in [2.24, 2.45) is 5.10 Å². The van der Waals surface area contributed by atoms with Gasteiger partial charge in [0.2, 0.25) is 5.95 Å². The van der Waals surface area contributed by atoms with Crippen LogP contribution in [0.1, 0.15) is 11.3 Å². The molecule has 0 radical (unpaired) electrons. The molecule has 0 saturated carbocycles. The van der Waals surface area contributed by atoms with E-state index in [1.54, 1.807) is 18.6 Å². The van der Waals surface area contributed by atoms with Crippen molar-refractivity contribution in [1.29, 1.82) is 0 Å². The molecule has 7 nitrogen and oxygen atoms in total. The molecule has 114 valence electrons.